The number of hydrogen-bond acceptors (Lipinski definition) is 6. The van der Waals surface area contributed by atoms with Crippen molar-refractivity contribution in [2.45, 2.75) is 20.3 Å². The largest absolute Gasteiger partial charge is 0.460 e. The number of rotatable bonds is 5. The smallest absolute Gasteiger partial charge is 0.376 e. The normalized spacial score (nSPS) is 17.7. The molecule has 1 fully saturated rings. The quantitative estimate of drug-likeness (QED) is 0.354. The number of carbonyl (C=O) groups is 2. The van der Waals surface area contributed by atoms with Crippen LogP contribution in [0, 0.1) is 12.8 Å². The molecular weight excluding hydrogens is 278 g/mol. The second-order valence-electron chi connectivity index (χ2n) is 4.62. The van der Waals surface area contributed by atoms with Crippen molar-refractivity contribution in [3.8, 4) is 0 Å². The van der Waals surface area contributed by atoms with Crippen LogP contribution in [0.25, 0.3) is 10.4 Å². The Kier molecular flexibility index (Phi) is 4.44. The van der Waals surface area contributed by atoms with Crippen LogP contribution < -0.4 is 4.90 Å². The molecule has 1 aliphatic rings. The molecule has 1 aliphatic heterocycles. The highest BCUT2D eigenvalue weighted by Crippen LogP contribution is 2.26. The fourth-order valence-corrected chi connectivity index (χ4v) is 2.12. The Balaban J connectivity index is 2.15. The summed E-state index contributed by atoms with van der Waals surface area (Å²) in [5.41, 5.74) is 8.67. The number of aromatic nitrogens is 1. The predicted molar refractivity (Wildman–Crippen MR) is 71.7 cm³/mol. The molecule has 9 nitrogen and oxygen atoms in total. The molecule has 1 aromatic heterocycles. The molecule has 2 heterocycles. The minimum Gasteiger partial charge on any atom is -0.460 e. The number of amides is 1. The second-order valence-corrected chi connectivity index (χ2v) is 4.62. The Hall–Kier alpha value is -2.54. The summed E-state index contributed by atoms with van der Waals surface area (Å²) in [7, 11) is 0. The lowest BCUT2D eigenvalue weighted by atomic mass is 10.1. The first-order valence-electron chi connectivity index (χ1n) is 6.52. The van der Waals surface area contributed by atoms with Gasteiger partial charge in [0.2, 0.25) is 11.7 Å². The van der Waals surface area contributed by atoms with Crippen LogP contribution in [0.1, 0.15) is 29.6 Å². The summed E-state index contributed by atoms with van der Waals surface area (Å²) in [6.45, 7) is 4.11. The summed E-state index contributed by atoms with van der Waals surface area (Å²) in [5.74, 6) is -0.861. The van der Waals surface area contributed by atoms with E-state index in [-0.39, 0.29) is 43.2 Å². The van der Waals surface area contributed by atoms with E-state index in [1.165, 1.54) is 4.90 Å². The highest BCUT2D eigenvalue weighted by molar-refractivity contribution is 5.94. The van der Waals surface area contributed by atoms with Crippen LogP contribution in [0.4, 0.5) is 6.01 Å². The molecule has 1 amide bonds. The van der Waals surface area contributed by atoms with Crippen molar-refractivity contribution in [3.63, 3.8) is 0 Å². The fraction of sp³-hybridized carbons (Fsp3) is 0.583. The first-order valence-corrected chi connectivity index (χ1v) is 6.52. The lowest BCUT2D eigenvalue weighted by Crippen LogP contribution is -2.25. The van der Waals surface area contributed by atoms with Crippen LogP contribution >= 0.6 is 0 Å². The highest BCUT2D eigenvalue weighted by Gasteiger charge is 2.34. The standard InChI is InChI=1S/C12H15N5O4/c1-3-20-11(19)10-7(2)15-12(21-10)17-6-8(4-9(17)18)5-14-16-13/h8H,3-6H2,1-2H3. The van der Waals surface area contributed by atoms with Crippen molar-refractivity contribution in [2.24, 2.45) is 11.0 Å². The van der Waals surface area contributed by atoms with E-state index in [0.29, 0.717) is 12.2 Å². The van der Waals surface area contributed by atoms with Crippen molar-refractivity contribution in [1.29, 1.82) is 0 Å². The maximum absolute atomic E-state index is 11.9. The summed E-state index contributed by atoms with van der Waals surface area (Å²) in [6.07, 6.45) is 0.259. The van der Waals surface area contributed by atoms with Gasteiger partial charge in [-0.1, -0.05) is 5.11 Å². The van der Waals surface area contributed by atoms with Crippen molar-refractivity contribution >= 4 is 17.9 Å². The Labute approximate surface area is 120 Å². The maximum Gasteiger partial charge on any atom is 0.376 e. The van der Waals surface area contributed by atoms with Gasteiger partial charge in [-0.15, -0.1) is 0 Å². The number of aryl methyl sites for hydroxylation is 1. The van der Waals surface area contributed by atoms with E-state index in [2.05, 4.69) is 15.0 Å². The summed E-state index contributed by atoms with van der Waals surface area (Å²) in [5, 5.41) is 3.47. The molecule has 1 unspecified atom stereocenters. The van der Waals surface area contributed by atoms with Crippen LogP contribution in [0.3, 0.4) is 0 Å². The van der Waals surface area contributed by atoms with Crippen molar-refractivity contribution in [1.82, 2.24) is 4.98 Å². The van der Waals surface area contributed by atoms with Gasteiger partial charge in [0.1, 0.15) is 0 Å². The van der Waals surface area contributed by atoms with Gasteiger partial charge in [-0.05, 0) is 25.3 Å². The molecule has 0 spiro atoms. The van der Waals surface area contributed by atoms with E-state index in [4.69, 9.17) is 14.7 Å². The van der Waals surface area contributed by atoms with Crippen LogP contribution in [-0.4, -0.2) is 36.6 Å². The van der Waals surface area contributed by atoms with Crippen molar-refractivity contribution in [3.05, 3.63) is 21.9 Å². The molecule has 9 heteroatoms. The molecule has 1 atom stereocenters. The number of oxazole rings is 1. The molecule has 1 aromatic rings. The number of anilines is 1. The van der Waals surface area contributed by atoms with Crippen molar-refractivity contribution < 1.29 is 18.7 Å². The monoisotopic (exact) mass is 293 g/mol. The maximum atomic E-state index is 11.9. The zero-order valence-corrected chi connectivity index (χ0v) is 11.8. The molecule has 112 valence electrons. The molecule has 21 heavy (non-hydrogen) atoms. The molecule has 0 aromatic carbocycles. The van der Waals surface area contributed by atoms with Gasteiger partial charge < -0.3 is 9.15 Å². The van der Waals surface area contributed by atoms with E-state index in [1.54, 1.807) is 13.8 Å². The van der Waals surface area contributed by atoms with Gasteiger partial charge in [0.05, 0.1) is 12.3 Å². The molecule has 2 rings (SSSR count). The van der Waals surface area contributed by atoms with Gasteiger partial charge >= 0.3 is 12.0 Å². The summed E-state index contributed by atoms with van der Waals surface area (Å²) < 4.78 is 10.2. The zero-order valence-electron chi connectivity index (χ0n) is 11.8. The second kappa shape index (κ2) is 6.27. The van der Waals surface area contributed by atoms with Gasteiger partial charge in [0.25, 0.3) is 0 Å². The predicted octanol–water partition coefficient (Wildman–Crippen LogP) is 1.82. The Morgan fingerprint density at radius 3 is 3.10 bits per heavy atom. The third-order valence-corrected chi connectivity index (χ3v) is 3.09. The lowest BCUT2D eigenvalue weighted by Gasteiger charge is -2.10. The minimum absolute atomic E-state index is 0.00172. The average molecular weight is 293 g/mol. The van der Waals surface area contributed by atoms with Gasteiger partial charge in [-0.2, -0.15) is 4.98 Å². The number of ether oxygens (including phenoxy) is 1. The Morgan fingerprint density at radius 2 is 2.43 bits per heavy atom. The van der Waals surface area contributed by atoms with Crippen LogP contribution in [0.5, 0.6) is 0 Å². The molecule has 0 bridgehead atoms. The van der Waals surface area contributed by atoms with E-state index in [1.807, 2.05) is 0 Å². The van der Waals surface area contributed by atoms with E-state index < -0.39 is 5.97 Å². The summed E-state index contributed by atoms with van der Waals surface area (Å²) >= 11 is 0. The summed E-state index contributed by atoms with van der Waals surface area (Å²) in [4.78, 5) is 31.7. The highest BCUT2D eigenvalue weighted by atomic mass is 16.5. The number of hydrogen-bond donors (Lipinski definition) is 0. The minimum atomic E-state index is -0.606. The van der Waals surface area contributed by atoms with E-state index >= 15 is 0 Å². The molecular formula is C12H15N5O4. The van der Waals surface area contributed by atoms with E-state index in [9.17, 15) is 9.59 Å². The first kappa shape index (κ1) is 14.9. The van der Waals surface area contributed by atoms with Gasteiger partial charge in [-0.3, -0.25) is 9.69 Å². The molecule has 0 N–H and O–H groups in total. The molecule has 0 saturated carbocycles. The summed E-state index contributed by atoms with van der Waals surface area (Å²) in [6, 6.07) is 0.0731. The third kappa shape index (κ3) is 3.14. The van der Waals surface area contributed by atoms with Crippen LogP contribution in [0.15, 0.2) is 9.53 Å². The van der Waals surface area contributed by atoms with Gasteiger partial charge in [-0.25, -0.2) is 4.79 Å². The SMILES string of the molecule is CCOC(=O)c1oc(N2CC(CN=[N+]=[N-])CC2=O)nc1C. The Bertz CT molecular complexity index is 605. The van der Waals surface area contributed by atoms with Crippen molar-refractivity contribution in [2.75, 3.05) is 24.6 Å². The van der Waals surface area contributed by atoms with Gasteiger partial charge in [0, 0.05) is 24.4 Å². The number of nitrogens with zero attached hydrogens (tertiary/aromatic N) is 5. The van der Waals surface area contributed by atoms with Crippen LogP contribution in [0.2, 0.25) is 0 Å². The molecule has 0 aliphatic carbocycles. The molecule has 1 saturated heterocycles. The van der Waals surface area contributed by atoms with Crippen LogP contribution in [-0.2, 0) is 9.53 Å². The topological polar surface area (TPSA) is 121 Å². The Morgan fingerprint density at radius 1 is 1.67 bits per heavy atom. The number of azide groups is 1. The third-order valence-electron chi connectivity index (χ3n) is 3.09. The average Bonchev–Trinajstić information content (AvgIpc) is 3.00. The van der Waals surface area contributed by atoms with E-state index in [0.717, 1.165) is 0 Å². The zero-order chi connectivity index (χ0) is 15.4. The number of esters is 1. The molecule has 0 radical (unpaired) electrons. The van der Waals surface area contributed by atoms with Gasteiger partial charge in [0.15, 0.2) is 0 Å². The first-order chi connectivity index (χ1) is 10.1. The lowest BCUT2D eigenvalue weighted by molar-refractivity contribution is -0.117. The number of carbonyl (C=O) groups excluding carboxylic acids is 2. The fourth-order valence-electron chi connectivity index (χ4n) is 2.12.